The number of hydrogen-bond acceptors (Lipinski definition) is 3. The average molecular weight is 178 g/mol. The first kappa shape index (κ1) is 7.97. The molecule has 1 aliphatic heterocycles. The minimum absolute atomic E-state index is 0.0713. The molecule has 0 spiro atoms. The summed E-state index contributed by atoms with van der Waals surface area (Å²) in [5.74, 6) is 0. The van der Waals surface area contributed by atoms with Crippen LogP contribution in [0.15, 0.2) is 12.5 Å². The van der Waals surface area contributed by atoms with Crippen molar-refractivity contribution in [2.45, 2.75) is 13.1 Å². The fourth-order valence-corrected chi connectivity index (χ4v) is 1.40. The Hall–Kier alpha value is -1.65. The Balaban J connectivity index is 2.18. The zero-order chi connectivity index (χ0) is 9.26. The molecule has 0 saturated carbocycles. The molecular weight excluding hydrogens is 168 g/mol. The second-order valence-corrected chi connectivity index (χ2v) is 2.91. The van der Waals surface area contributed by atoms with Gasteiger partial charge in [0.2, 0.25) is 0 Å². The Kier molecular flexibility index (Phi) is 1.84. The fraction of sp³-hybridized carbons (Fsp3) is 0.375. The van der Waals surface area contributed by atoms with E-state index in [0.29, 0.717) is 13.1 Å². The maximum Gasteiger partial charge on any atom is 0.317 e. The van der Waals surface area contributed by atoms with E-state index in [1.54, 1.807) is 18.1 Å². The summed E-state index contributed by atoms with van der Waals surface area (Å²) in [5, 5.41) is 2.58. The highest BCUT2D eigenvalue weighted by atomic mass is 16.2. The number of rotatable bonds is 0. The number of hydrogen-bond donors (Lipinski definition) is 1. The number of amides is 2. The lowest BCUT2D eigenvalue weighted by molar-refractivity contribution is 0.200. The van der Waals surface area contributed by atoms with E-state index in [1.807, 2.05) is 0 Å². The quantitative estimate of drug-likeness (QED) is 0.614. The third-order valence-corrected chi connectivity index (χ3v) is 2.08. The van der Waals surface area contributed by atoms with Gasteiger partial charge in [-0.15, -0.1) is 0 Å². The van der Waals surface area contributed by atoms with Crippen LogP contribution in [0.2, 0.25) is 0 Å². The largest absolute Gasteiger partial charge is 0.341 e. The average Bonchev–Trinajstić information content (AvgIpc) is 2.59. The Morgan fingerprint density at radius 3 is 3.15 bits per heavy atom. The Morgan fingerprint density at radius 1 is 1.62 bits per heavy atom. The van der Waals surface area contributed by atoms with Crippen LogP contribution in [0.4, 0.5) is 4.79 Å². The first-order chi connectivity index (χ1) is 6.31. The SMILES string of the molecule is CNC(=O)N1Cc2cncnc2C1. The zero-order valence-electron chi connectivity index (χ0n) is 7.32. The van der Waals surface area contributed by atoms with E-state index in [-0.39, 0.29) is 6.03 Å². The minimum atomic E-state index is -0.0713. The van der Waals surface area contributed by atoms with E-state index in [0.717, 1.165) is 11.3 Å². The van der Waals surface area contributed by atoms with Crippen LogP contribution in [0.25, 0.3) is 0 Å². The molecule has 0 aliphatic carbocycles. The number of nitrogens with one attached hydrogen (secondary N) is 1. The topological polar surface area (TPSA) is 58.1 Å². The fourth-order valence-electron chi connectivity index (χ4n) is 1.40. The molecule has 0 unspecified atom stereocenters. The predicted octanol–water partition coefficient (Wildman–Crippen LogP) is 0.132. The maximum atomic E-state index is 11.2. The van der Waals surface area contributed by atoms with Gasteiger partial charge in [-0.05, 0) is 0 Å². The number of carbonyl (C=O) groups is 1. The lowest BCUT2D eigenvalue weighted by atomic mass is 10.3. The molecule has 2 amide bonds. The first-order valence-corrected chi connectivity index (χ1v) is 4.05. The first-order valence-electron chi connectivity index (χ1n) is 4.05. The van der Waals surface area contributed by atoms with Gasteiger partial charge < -0.3 is 10.2 Å². The van der Waals surface area contributed by atoms with E-state index in [4.69, 9.17) is 0 Å². The molecule has 2 heterocycles. The monoisotopic (exact) mass is 178 g/mol. The molecule has 1 aromatic heterocycles. The molecule has 13 heavy (non-hydrogen) atoms. The van der Waals surface area contributed by atoms with Gasteiger partial charge in [0.25, 0.3) is 0 Å². The van der Waals surface area contributed by atoms with Crippen LogP contribution in [0.1, 0.15) is 11.3 Å². The van der Waals surface area contributed by atoms with Crippen molar-refractivity contribution in [3.05, 3.63) is 23.8 Å². The molecule has 1 aliphatic rings. The summed E-state index contributed by atoms with van der Waals surface area (Å²) in [4.78, 5) is 20.9. The van der Waals surface area contributed by atoms with Crippen molar-refractivity contribution >= 4 is 6.03 Å². The molecule has 2 rings (SSSR count). The van der Waals surface area contributed by atoms with Crippen LogP contribution in [-0.2, 0) is 13.1 Å². The van der Waals surface area contributed by atoms with Gasteiger partial charge in [-0.1, -0.05) is 0 Å². The van der Waals surface area contributed by atoms with Gasteiger partial charge in [0.05, 0.1) is 18.8 Å². The molecule has 0 aromatic carbocycles. The highest BCUT2D eigenvalue weighted by molar-refractivity contribution is 5.74. The molecule has 0 radical (unpaired) electrons. The number of fused-ring (bicyclic) bond motifs is 1. The van der Waals surface area contributed by atoms with E-state index in [2.05, 4.69) is 15.3 Å². The van der Waals surface area contributed by atoms with Crippen LogP contribution in [0.3, 0.4) is 0 Å². The molecular formula is C8H10N4O. The van der Waals surface area contributed by atoms with Crippen LogP contribution in [-0.4, -0.2) is 27.9 Å². The van der Waals surface area contributed by atoms with E-state index >= 15 is 0 Å². The predicted molar refractivity (Wildman–Crippen MR) is 45.7 cm³/mol. The zero-order valence-corrected chi connectivity index (χ0v) is 7.32. The normalized spacial score (nSPS) is 14.1. The summed E-state index contributed by atoms with van der Waals surface area (Å²) in [6.07, 6.45) is 3.26. The second kappa shape index (κ2) is 3.01. The van der Waals surface area contributed by atoms with Crippen LogP contribution < -0.4 is 5.32 Å². The van der Waals surface area contributed by atoms with Crippen molar-refractivity contribution in [2.24, 2.45) is 0 Å². The summed E-state index contributed by atoms with van der Waals surface area (Å²) >= 11 is 0. The minimum Gasteiger partial charge on any atom is -0.341 e. The Labute approximate surface area is 75.8 Å². The summed E-state index contributed by atoms with van der Waals surface area (Å²) in [6.45, 7) is 1.19. The van der Waals surface area contributed by atoms with Crippen LogP contribution in [0, 0.1) is 0 Å². The van der Waals surface area contributed by atoms with Crippen LogP contribution >= 0.6 is 0 Å². The Morgan fingerprint density at radius 2 is 2.46 bits per heavy atom. The molecule has 0 atom stereocenters. The summed E-state index contributed by atoms with van der Waals surface area (Å²) in [7, 11) is 1.62. The highest BCUT2D eigenvalue weighted by Crippen LogP contribution is 2.18. The molecule has 1 aromatic rings. The Bertz CT molecular complexity index is 314. The molecule has 5 nitrogen and oxygen atoms in total. The second-order valence-electron chi connectivity index (χ2n) is 2.91. The summed E-state index contributed by atoms with van der Waals surface area (Å²) in [5.41, 5.74) is 1.98. The molecule has 68 valence electrons. The van der Waals surface area contributed by atoms with Crippen molar-refractivity contribution in [2.75, 3.05) is 7.05 Å². The van der Waals surface area contributed by atoms with Crippen LogP contribution in [0.5, 0.6) is 0 Å². The van der Waals surface area contributed by atoms with Gasteiger partial charge in [0, 0.05) is 18.8 Å². The number of aromatic nitrogens is 2. The van der Waals surface area contributed by atoms with Gasteiger partial charge in [0.15, 0.2) is 0 Å². The molecule has 0 bridgehead atoms. The van der Waals surface area contributed by atoms with Gasteiger partial charge in [-0.3, -0.25) is 0 Å². The lowest BCUT2D eigenvalue weighted by Crippen LogP contribution is -2.33. The molecule has 0 fully saturated rings. The van der Waals surface area contributed by atoms with E-state index in [1.165, 1.54) is 6.33 Å². The highest BCUT2D eigenvalue weighted by Gasteiger charge is 2.23. The third-order valence-electron chi connectivity index (χ3n) is 2.08. The number of carbonyl (C=O) groups excluding carboxylic acids is 1. The number of urea groups is 1. The van der Waals surface area contributed by atoms with Crippen molar-refractivity contribution in [1.29, 1.82) is 0 Å². The van der Waals surface area contributed by atoms with Gasteiger partial charge in [-0.2, -0.15) is 0 Å². The lowest BCUT2D eigenvalue weighted by Gasteiger charge is -2.13. The van der Waals surface area contributed by atoms with Gasteiger partial charge in [-0.25, -0.2) is 14.8 Å². The van der Waals surface area contributed by atoms with Gasteiger partial charge >= 0.3 is 6.03 Å². The van der Waals surface area contributed by atoms with Crippen molar-refractivity contribution in [3.63, 3.8) is 0 Å². The van der Waals surface area contributed by atoms with E-state index in [9.17, 15) is 4.79 Å². The third kappa shape index (κ3) is 1.32. The standard InChI is InChI=1S/C8H10N4O/c1-9-8(13)12-3-6-2-10-5-11-7(6)4-12/h2,5H,3-4H2,1H3,(H,9,13). The van der Waals surface area contributed by atoms with Crippen molar-refractivity contribution < 1.29 is 4.79 Å². The van der Waals surface area contributed by atoms with Crippen molar-refractivity contribution in [3.8, 4) is 0 Å². The van der Waals surface area contributed by atoms with Crippen molar-refractivity contribution in [1.82, 2.24) is 20.2 Å². The molecule has 0 saturated heterocycles. The van der Waals surface area contributed by atoms with Gasteiger partial charge in [0.1, 0.15) is 6.33 Å². The maximum absolute atomic E-state index is 11.2. The molecule has 1 N–H and O–H groups in total. The summed E-state index contributed by atoms with van der Waals surface area (Å²) in [6, 6.07) is -0.0713. The smallest absolute Gasteiger partial charge is 0.317 e. The summed E-state index contributed by atoms with van der Waals surface area (Å²) < 4.78 is 0. The van der Waals surface area contributed by atoms with E-state index < -0.39 is 0 Å². The molecule has 5 heteroatoms. The number of nitrogens with zero attached hydrogens (tertiary/aromatic N) is 3.